The fraction of sp³-hybridized carbons (Fsp3) is 0. The molecule has 0 bridgehead atoms. The van der Waals surface area contributed by atoms with E-state index in [0.717, 1.165) is 0 Å². The van der Waals surface area contributed by atoms with Crippen molar-refractivity contribution in [3.05, 3.63) is 224 Å². The van der Waals surface area contributed by atoms with Crippen molar-refractivity contribution in [1.82, 2.24) is 4.57 Å². The maximum absolute atomic E-state index is 2.53. The van der Waals surface area contributed by atoms with Crippen molar-refractivity contribution in [2.75, 3.05) is 0 Å². The second-order valence-corrected chi connectivity index (χ2v) is 21.3. The molecular weight excluding hydrogens is 843 g/mol. The average molecular weight is 882 g/mol. The maximum Gasteiger partial charge on any atom is 0.0892 e. The molecule has 310 valence electrons. The Bertz CT molecular complexity index is 4260. The van der Waals surface area contributed by atoms with Gasteiger partial charge in [-0.2, -0.15) is 0 Å². The van der Waals surface area contributed by atoms with Gasteiger partial charge in [0.2, 0.25) is 0 Å². The Labute approximate surface area is 393 Å². The molecule has 0 radical (unpaired) electrons. The van der Waals surface area contributed by atoms with E-state index in [1.54, 1.807) is 0 Å². The molecule has 1 aliphatic heterocycles. The lowest BCUT2D eigenvalue weighted by Crippen LogP contribution is -2.21. The number of rotatable bonds is 4. The first kappa shape index (κ1) is 37.2. The van der Waals surface area contributed by atoms with Gasteiger partial charge >= 0.3 is 0 Å². The lowest BCUT2D eigenvalue weighted by atomic mass is 9.92. The topological polar surface area (TPSA) is 4.93 Å². The van der Waals surface area contributed by atoms with Crippen LogP contribution in [0.4, 0.5) is 0 Å². The van der Waals surface area contributed by atoms with Crippen LogP contribution in [0, 0.1) is 0 Å². The third kappa shape index (κ3) is 5.59. The van der Waals surface area contributed by atoms with Gasteiger partial charge in [-0.1, -0.05) is 168 Å². The van der Waals surface area contributed by atoms with E-state index in [9.17, 15) is 0 Å². The van der Waals surface area contributed by atoms with Crippen molar-refractivity contribution >= 4 is 116 Å². The standard InChI is InChI=1S/C64H39NSSi/c1-3-13-45-40(11-1)32-54(49-17-7-5-15-47(45)49)42-22-28-59-56(34-42)57-35-43(55-33-41-12-2-4-14-46(41)48-16-6-8-18-50(48)55)23-29-60(57)65(59)44-25-27-53-52-26-21-39(36-63(52)67-64(53)37-44)38-24-30-62-58(31-38)51-19-9-10-20-61(51)66-62/h1-37H,67H2. The van der Waals surface area contributed by atoms with Crippen LogP contribution < -0.4 is 10.4 Å². The Kier molecular flexibility index (Phi) is 7.88. The summed E-state index contributed by atoms with van der Waals surface area (Å²) in [5, 5.41) is 18.5. The van der Waals surface area contributed by atoms with Crippen LogP contribution in [-0.4, -0.2) is 14.1 Å². The summed E-state index contributed by atoms with van der Waals surface area (Å²) in [4.78, 5) is 0. The molecule has 0 saturated heterocycles. The minimum Gasteiger partial charge on any atom is -0.309 e. The van der Waals surface area contributed by atoms with Gasteiger partial charge in [-0.15, -0.1) is 11.3 Å². The van der Waals surface area contributed by atoms with Crippen LogP contribution in [0.1, 0.15) is 0 Å². The van der Waals surface area contributed by atoms with Gasteiger partial charge in [0.25, 0.3) is 0 Å². The van der Waals surface area contributed by atoms with Gasteiger partial charge in [-0.25, -0.2) is 0 Å². The van der Waals surface area contributed by atoms with E-state index >= 15 is 0 Å². The Balaban J connectivity index is 0.900. The van der Waals surface area contributed by atoms with Crippen LogP contribution in [0.5, 0.6) is 0 Å². The highest BCUT2D eigenvalue weighted by Gasteiger charge is 2.23. The third-order valence-corrected chi connectivity index (χ3v) is 17.8. The van der Waals surface area contributed by atoms with Gasteiger partial charge in [0, 0.05) is 36.6 Å². The van der Waals surface area contributed by atoms with Crippen molar-refractivity contribution in [3.63, 3.8) is 0 Å². The molecule has 1 aliphatic rings. The van der Waals surface area contributed by atoms with E-state index < -0.39 is 9.52 Å². The summed E-state index contributed by atoms with van der Waals surface area (Å²) >= 11 is 1.88. The van der Waals surface area contributed by atoms with Crippen molar-refractivity contribution in [2.45, 2.75) is 0 Å². The molecule has 14 aromatic rings. The fourth-order valence-corrected chi connectivity index (χ4v) is 14.8. The van der Waals surface area contributed by atoms with Crippen molar-refractivity contribution in [1.29, 1.82) is 0 Å². The number of nitrogens with zero attached hydrogens (tertiary/aromatic N) is 1. The summed E-state index contributed by atoms with van der Waals surface area (Å²) in [7, 11) is -0.733. The summed E-state index contributed by atoms with van der Waals surface area (Å²) in [6, 6.07) is 84.8. The number of hydrogen-bond acceptors (Lipinski definition) is 1. The van der Waals surface area contributed by atoms with E-state index in [-0.39, 0.29) is 0 Å². The molecule has 12 aromatic carbocycles. The van der Waals surface area contributed by atoms with Crippen LogP contribution in [0.2, 0.25) is 0 Å². The molecular formula is C64H39NSSi. The number of hydrogen-bond donors (Lipinski definition) is 0. The van der Waals surface area contributed by atoms with Crippen LogP contribution in [0.3, 0.4) is 0 Å². The van der Waals surface area contributed by atoms with Gasteiger partial charge in [0.1, 0.15) is 0 Å². The maximum atomic E-state index is 2.53. The highest BCUT2D eigenvalue weighted by molar-refractivity contribution is 7.25. The van der Waals surface area contributed by atoms with Crippen molar-refractivity contribution in [2.24, 2.45) is 0 Å². The largest absolute Gasteiger partial charge is 0.309 e. The molecule has 1 nitrogen and oxygen atoms in total. The average Bonchev–Trinajstić information content (AvgIpc) is 4.06. The van der Waals surface area contributed by atoms with Gasteiger partial charge in [-0.3, -0.25) is 0 Å². The second kappa shape index (κ2) is 14.2. The molecule has 0 amide bonds. The molecule has 3 heteroatoms. The summed E-state index contributed by atoms with van der Waals surface area (Å²) in [5.74, 6) is 0. The molecule has 15 rings (SSSR count). The molecule has 0 atom stereocenters. The minimum absolute atomic E-state index is 0.733. The molecule has 0 fully saturated rings. The fourth-order valence-electron chi connectivity index (χ4n) is 11.6. The Morgan fingerprint density at radius 3 is 1.39 bits per heavy atom. The molecule has 3 heterocycles. The smallest absolute Gasteiger partial charge is 0.0892 e. The van der Waals surface area contributed by atoms with E-state index in [0.29, 0.717) is 0 Å². The quantitative estimate of drug-likeness (QED) is 0.123. The van der Waals surface area contributed by atoms with Crippen LogP contribution in [-0.2, 0) is 0 Å². The molecule has 0 N–H and O–H groups in total. The summed E-state index contributed by atoms with van der Waals surface area (Å²) < 4.78 is 5.23. The first-order chi connectivity index (χ1) is 33.2. The predicted molar refractivity (Wildman–Crippen MR) is 293 cm³/mol. The lowest BCUT2D eigenvalue weighted by Gasteiger charge is -2.13. The highest BCUT2D eigenvalue weighted by Crippen LogP contribution is 2.43. The van der Waals surface area contributed by atoms with Gasteiger partial charge in [0.15, 0.2) is 0 Å². The zero-order valence-corrected chi connectivity index (χ0v) is 38.7. The van der Waals surface area contributed by atoms with Gasteiger partial charge < -0.3 is 4.57 Å². The summed E-state index contributed by atoms with van der Waals surface area (Å²) in [5.41, 5.74) is 14.1. The normalized spacial score (nSPS) is 12.8. The van der Waals surface area contributed by atoms with Crippen molar-refractivity contribution in [3.8, 4) is 50.2 Å². The Morgan fingerprint density at radius 2 is 0.746 bits per heavy atom. The predicted octanol–water partition coefficient (Wildman–Crippen LogP) is 15.9. The first-order valence-corrected chi connectivity index (χ1v) is 25.5. The van der Waals surface area contributed by atoms with E-state index in [1.807, 2.05) is 11.3 Å². The summed E-state index contributed by atoms with van der Waals surface area (Å²) in [6.07, 6.45) is 0. The summed E-state index contributed by atoms with van der Waals surface area (Å²) in [6.45, 7) is 0. The Morgan fingerprint density at radius 1 is 0.284 bits per heavy atom. The number of thiophene rings is 1. The molecule has 0 unspecified atom stereocenters. The van der Waals surface area contributed by atoms with Gasteiger partial charge in [-0.05, 0) is 154 Å². The van der Waals surface area contributed by atoms with Gasteiger partial charge in [0.05, 0.1) is 20.6 Å². The lowest BCUT2D eigenvalue weighted by molar-refractivity contribution is 1.18. The number of fused-ring (bicyclic) bond motifs is 15. The number of aromatic nitrogens is 1. The van der Waals surface area contributed by atoms with Crippen LogP contribution >= 0.6 is 11.3 Å². The Hall–Kier alpha value is -8.08. The third-order valence-electron chi connectivity index (χ3n) is 14.8. The van der Waals surface area contributed by atoms with E-state index in [2.05, 4.69) is 229 Å². The molecule has 67 heavy (non-hydrogen) atoms. The number of benzene rings is 12. The zero-order valence-electron chi connectivity index (χ0n) is 36.4. The minimum atomic E-state index is -0.733. The van der Waals surface area contributed by atoms with Crippen LogP contribution in [0.25, 0.3) is 135 Å². The van der Waals surface area contributed by atoms with E-state index in [4.69, 9.17) is 0 Å². The SMILES string of the molecule is c1ccc2c(c1)cc(-c1ccc3c(c1)c1cc(-c4cc5ccccc5c5ccccc45)ccc1n3-c1ccc3c(c1)[SiH2]c1cc(-c4ccc5sc6ccccc6c5c4)ccc1-3)c1ccccc12. The molecule has 2 aromatic heterocycles. The second-order valence-electron chi connectivity index (χ2n) is 18.4. The highest BCUT2D eigenvalue weighted by atomic mass is 32.1. The molecule has 0 saturated carbocycles. The first-order valence-electron chi connectivity index (χ1n) is 23.3. The van der Waals surface area contributed by atoms with Crippen LogP contribution in [0.15, 0.2) is 224 Å². The van der Waals surface area contributed by atoms with Crippen molar-refractivity contribution < 1.29 is 0 Å². The molecule has 0 spiro atoms. The molecule has 0 aliphatic carbocycles. The van der Waals surface area contributed by atoms with E-state index in [1.165, 1.54) is 146 Å². The zero-order chi connectivity index (χ0) is 43.7. The monoisotopic (exact) mass is 881 g/mol.